The molecule has 0 aromatic heterocycles. The fourth-order valence-corrected chi connectivity index (χ4v) is 4.57. The maximum Gasteiger partial charge on any atom is 0.389 e. The number of ether oxygens (including phenoxy) is 2. The zero-order valence-electron chi connectivity index (χ0n) is 19.0. The van der Waals surface area contributed by atoms with Crippen LogP contribution in [-0.2, 0) is 24.4 Å². The molecule has 2 aromatic rings. The molecule has 0 bridgehead atoms. The first-order valence-electron chi connectivity index (χ1n) is 11.9. The minimum absolute atomic E-state index is 0.125. The van der Waals surface area contributed by atoms with Crippen molar-refractivity contribution in [2.45, 2.75) is 57.7 Å². The van der Waals surface area contributed by atoms with Crippen LogP contribution in [0, 0.1) is 0 Å². The Hall–Kier alpha value is -2.09. The van der Waals surface area contributed by atoms with Crippen LogP contribution in [0.1, 0.15) is 42.4 Å². The number of nitrogens with zero attached hydrogens (tertiary/aromatic N) is 2. The minimum Gasteiger partial charge on any atom is -0.492 e. The van der Waals surface area contributed by atoms with E-state index in [0.29, 0.717) is 39.0 Å². The monoisotopic (exact) mass is 462 g/mol. The van der Waals surface area contributed by atoms with Crippen LogP contribution in [0.2, 0.25) is 0 Å². The second-order valence-electron chi connectivity index (χ2n) is 9.06. The molecule has 2 aromatic carbocycles. The minimum atomic E-state index is -4.09. The largest absolute Gasteiger partial charge is 0.492 e. The molecule has 0 amide bonds. The van der Waals surface area contributed by atoms with Gasteiger partial charge in [0.15, 0.2) is 0 Å². The number of benzene rings is 2. The number of hydrogen-bond acceptors (Lipinski definition) is 4. The van der Waals surface area contributed by atoms with E-state index < -0.39 is 12.6 Å². The number of likely N-dealkylation sites (tertiary alicyclic amines) is 1. The van der Waals surface area contributed by atoms with E-state index in [1.54, 1.807) is 0 Å². The van der Waals surface area contributed by atoms with E-state index in [4.69, 9.17) is 9.47 Å². The van der Waals surface area contributed by atoms with Crippen molar-refractivity contribution in [3.05, 3.63) is 65.2 Å². The quantitative estimate of drug-likeness (QED) is 0.524. The van der Waals surface area contributed by atoms with Crippen LogP contribution in [0.5, 0.6) is 5.75 Å². The van der Waals surface area contributed by atoms with Gasteiger partial charge in [-0.1, -0.05) is 36.4 Å². The van der Waals surface area contributed by atoms with Crippen LogP contribution < -0.4 is 4.74 Å². The third-order valence-electron chi connectivity index (χ3n) is 6.39. The van der Waals surface area contributed by atoms with Crippen LogP contribution in [0.3, 0.4) is 0 Å². The molecule has 4 nitrogen and oxygen atoms in total. The summed E-state index contributed by atoms with van der Waals surface area (Å²) in [6.45, 7) is 5.75. The Kier molecular flexibility index (Phi) is 8.28. The number of halogens is 3. The molecule has 0 unspecified atom stereocenters. The molecule has 2 aliphatic heterocycles. The zero-order valence-corrected chi connectivity index (χ0v) is 19.0. The Morgan fingerprint density at radius 2 is 1.73 bits per heavy atom. The molecule has 4 rings (SSSR count). The zero-order chi connectivity index (χ0) is 23.1. The SMILES string of the molecule is FC(F)(F)CCCN1CCOc2ccc(CN3CCC(OCc4ccccc4)CC3)cc2C1. The van der Waals surface area contributed by atoms with Crippen molar-refractivity contribution in [1.29, 1.82) is 0 Å². The highest BCUT2D eigenvalue weighted by Gasteiger charge is 2.27. The molecule has 7 heteroatoms. The highest BCUT2D eigenvalue weighted by Crippen LogP contribution is 2.27. The van der Waals surface area contributed by atoms with Crippen molar-refractivity contribution in [3.63, 3.8) is 0 Å². The molecule has 2 aliphatic rings. The number of alkyl halides is 3. The van der Waals surface area contributed by atoms with E-state index in [1.807, 2.05) is 24.3 Å². The van der Waals surface area contributed by atoms with E-state index in [0.717, 1.165) is 43.8 Å². The summed E-state index contributed by atoms with van der Waals surface area (Å²) in [5.74, 6) is 0.852. The number of rotatable bonds is 8. The van der Waals surface area contributed by atoms with Gasteiger partial charge in [-0.2, -0.15) is 13.2 Å². The van der Waals surface area contributed by atoms with E-state index in [-0.39, 0.29) is 6.42 Å². The highest BCUT2D eigenvalue weighted by molar-refractivity contribution is 5.38. The number of piperidine rings is 1. The Balaban J connectivity index is 1.25. The summed E-state index contributed by atoms with van der Waals surface area (Å²) in [6.07, 6.45) is -2.36. The smallest absolute Gasteiger partial charge is 0.389 e. The van der Waals surface area contributed by atoms with Gasteiger partial charge in [0.05, 0.1) is 12.7 Å². The molecule has 0 radical (unpaired) electrons. The Labute approximate surface area is 194 Å². The molecule has 0 aliphatic carbocycles. The van der Waals surface area contributed by atoms with E-state index in [9.17, 15) is 13.2 Å². The van der Waals surface area contributed by atoms with Crippen LogP contribution in [0.4, 0.5) is 13.2 Å². The lowest BCUT2D eigenvalue weighted by atomic mass is 10.0. The number of fused-ring (bicyclic) bond motifs is 1. The topological polar surface area (TPSA) is 24.9 Å². The van der Waals surface area contributed by atoms with Crippen molar-refractivity contribution < 1.29 is 22.6 Å². The van der Waals surface area contributed by atoms with Crippen LogP contribution in [-0.4, -0.2) is 54.9 Å². The molecule has 0 N–H and O–H groups in total. The first kappa shape index (κ1) is 24.0. The van der Waals surface area contributed by atoms with Gasteiger partial charge in [-0.05, 0) is 49.1 Å². The lowest BCUT2D eigenvalue weighted by Crippen LogP contribution is -2.36. The first-order chi connectivity index (χ1) is 15.9. The van der Waals surface area contributed by atoms with Crippen LogP contribution in [0.15, 0.2) is 48.5 Å². The fourth-order valence-electron chi connectivity index (χ4n) is 4.57. The molecule has 0 atom stereocenters. The van der Waals surface area contributed by atoms with Gasteiger partial charge in [0.25, 0.3) is 0 Å². The van der Waals surface area contributed by atoms with E-state index in [2.05, 4.69) is 34.1 Å². The maximum absolute atomic E-state index is 12.5. The summed E-state index contributed by atoms with van der Waals surface area (Å²) in [6, 6.07) is 16.6. The molecule has 1 fully saturated rings. The van der Waals surface area contributed by atoms with Crippen molar-refractivity contribution in [1.82, 2.24) is 9.80 Å². The van der Waals surface area contributed by atoms with Gasteiger partial charge in [0.2, 0.25) is 0 Å². The summed E-state index contributed by atoms with van der Waals surface area (Å²) >= 11 is 0. The van der Waals surface area contributed by atoms with Crippen molar-refractivity contribution in [2.75, 3.05) is 32.8 Å². The van der Waals surface area contributed by atoms with Crippen LogP contribution in [0.25, 0.3) is 0 Å². The summed E-state index contributed by atoms with van der Waals surface area (Å²) in [5.41, 5.74) is 3.50. The summed E-state index contributed by atoms with van der Waals surface area (Å²) in [5, 5.41) is 0. The molecule has 0 saturated carbocycles. The summed E-state index contributed by atoms with van der Waals surface area (Å²) in [4.78, 5) is 4.51. The standard InChI is InChI=1S/C26H33F3N2O2/c27-26(28,29)11-4-12-30-15-16-32-25-8-7-22(17-23(25)19-30)18-31-13-9-24(10-14-31)33-20-21-5-2-1-3-6-21/h1-3,5-8,17,24H,4,9-16,18-20H2. The Morgan fingerprint density at radius 1 is 0.939 bits per heavy atom. The van der Waals surface area contributed by atoms with Crippen LogP contribution >= 0.6 is 0 Å². The number of hydrogen-bond donors (Lipinski definition) is 0. The van der Waals surface area contributed by atoms with E-state index in [1.165, 1.54) is 11.1 Å². The molecule has 1 saturated heterocycles. The third-order valence-corrected chi connectivity index (χ3v) is 6.39. The lowest BCUT2D eigenvalue weighted by molar-refractivity contribution is -0.136. The average Bonchev–Trinajstić information content (AvgIpc) is 3.00. The predicted octanol–water partition coefficient (Wildman–Crippen LogP) is 5.40. The van der Waals surface area contributed by atoms with Gasteiger partial charge in [-0.15, -0.1) is 0 Å². The summed E-state index contributed by atoms with van der Waals surface area (Å²) in [7, 11) is 0. The average molecular weight is 463 g/mol. The molecular weight excluding hydrogens is 429 g/mol. The maximum atomic E-state index is 12.5. The van der Waals surface area contributed by atoms with Gasteiger partial charge in [-0.3, -0.25) is 9.80 Å². The van der Waals surface area contributed by atoms with Gasteiger partial charge in [-0.25, -0.2) is 0 Å². The van der Waals surface area contributed by atoms with Crippen molar-refractivity contribution in [2.24, 2.45) is 0 Å². The third kappa shape index (κ3) is 7.73. The highest BCUT2D eigenvalue weighted by atomic mass is 19.4. The Bertz CT molecular complexity index is 868. The van der Waals surface area contributed by atoms with E-state index >= 15 is 0 Å². The van der Waals surface area contributed by atoms with Crippen molar-refractivity contribution >= 4 is 0 Å². The lowest BCUT2D eigenvalue weighted by Gasteiger charge is -2.32. The molecule has 33 heavy (non-hydrogen) atoms. The first-order valence-corrected chi connectivity index (χ1v) is 11.9. The molecular formula is C26H33F3N2O2. The predicted molar refractivity (Wildman–Crippen MR) is 122 cm³/mol. The van der Waals surface area contributed by atoms with Gasteiger partial charge in [0.1, 0.15) is 12.4 Å². The normalized spacial score (nSPS) is 18.5. The van der Waals surface area contributed by atoms with Crippen molar-refractivity contribution in [3.8, 4) is 5.75 Å². The fraction of sp³-hybridized carbons (Fsp3) is 0.538. The molecule has 2 heterocycles. The van der Waals surface area contributed by atoms with Gasteiger partial charge < -0.3 is 9.47 Å². The van der Waals surface area contributed by atoms with Gasteiger partial charge >= 0.3 is 6.18 Å². The van der Waals surface area contributed by atoms with Gasteiger partial charge in [0, 0.05) is 44.7 Å². The Morgan fingerprint density at radius 3 is 2.48 bits per heavy atom. The second kappa shape index (κ2) is 11.4. The second-order valence-corrected chi connectivity index (χ2v) is 9.06. The summed E-state index contributed by atoms with van der Waals surface area (Å²) < 4.78 is 49.4. The molecule has 0 spiro atoms. The molecule has 180 valence electrons.